The number of carbonyl (C=O) groups excluding carboxylic acids is 1. The van der Waals surface area contributed by atoms with E-state index in [1.807, 2.05) is 13.8 Å². The molecular formula is C12H21NO3. The number of β-amino-alcohol motifs (C(OH)–C–C–N with tert-alkyl or cyclic N) is 1. The van der Waals surface area contributed by atoms with Gasteiger partial charge in [0, 0.05) is 19.1 Å². The third-order valence-electron chi connectivity index (χ3n) is 3.89. The molecule has 1 N–H and O–H groups in total. The summed E-state index contributed by atoms with van der Waals surface area (Å²) in [5.41, 5.74) is -0.652. The highest BCUT2D eigenvalue weighted by Crippen LogP contribution is 2.31. The van der Waals surface area contributed by atoms with Crippen LogP contribution in [0, 0.1) is 11.8 Å². The van der Waals surface area contributed by atoms with E-state index >= 15 is 0 Å². The standard InChI is InChI=1S/C12H21NO3/c1-9(2)12(15)7-13(8-12)11(14)10-3-5-16-6-4-10/h9-10,15H,3-8H2,1-2H3. The highest BCUT2D eigenvalue weighted by molar-refractivity contribution is 5.80. The van der Waals surface area contributed by atoms with Crippen LogP contribution in [0.2, 0.25) is 0 Å². The van der Waals surface area contributed by atoms with Gasteiger partial charge in [0.25, 0.3) is 0 Å². The van der Waals surface area contributed by atoms with Gasteiger partial charge < -0.3 is 14.7 Å². The third kappa shape index (κ3) is 2.09. The van der Waals surface area contributed by atoms with Crippen LogP contribution < -0.4 is 0 Å². The lowest BCUT2D eigenvalue weighted by atomic mass is 9.82. The van der Waals surface area contributed by atoms with Gasteiger partial charge in [-0.3, -0.25) is 4.79 Å². The summed E-state index contributed by atoms with van der Waals surface area (Å²) >= 11 is 0. The van der Waals surface area contributed by atoms with Gasteiger partial charge in [-0.1, -0.05) is 13.8 Å². The highest BCUT2D eigenvalue weighted by atomic mass is 16.5. The van der Waals surface area contributed by atoms with Crippen molar-refractivity contribution in [1.29, 1.82) is 0 Å². The normalized spacial score (nSPS) is 25.6. The Morgan fingerprint density at radius 1 is 1.38 bits per heavy atom. The highest BCUT2D eigenvalue weighted by Gasteiger charge is 2.46. The molecule has 2 fully saturated rings. The minimum absolute atomic E-state index is 0.116. The molecule has 2 heterocycles. The van der Waals surface area contributed by atoms with Crippen molar-refractivity contribution in [2.75, 3.05) is 26.3 Å². The molecule has 0 atom stereocenters. The van der Waals surface area contributed by atoms with E-state index in [-0.39, 0.29) is 17.7 Å². The lowest BCUT2D eigenvalue weighted by molar-refractivity contribution is -0.170. The number of nitrogens with zero attached hydrogens (tertiary/aromatic N) is 1. The Kier molecular flexibility index (Phi) is 3.22. The van der Waals surface area contributed by atoms with E-state index in [1.54, 1.807) is 4.90 Å². The van der Waals surface area contributed by atoms with Gasteiger partial charge in [-0.25, -0.2) is 0 Å². The van der Waals surface area contributed by atoms with Gasteiger partial charge >= 0.3 is 0 Å². The van der Waals surface area contributed by atoms with Crippen LogP contribution in [0.3, 0.4) is 0 Å². The molecule has 0 aromatic carbocycles. The SMILES string of the molecule is CC(C)C1(O)CN(C(=O)C2CCOCC2)C1. The van der Waals surface area contributed by atoms with Gasteiger partial charge in [0.05, 0.1) is 13.1 Å². The summed E-state index contributed by atoms with van der Waals surface area (Å²) in [6, 6.07) is 0. The zero-order valence-corrected chi connectivity index (χ0v) is 10.1. The fourth-order valence-electron chi connectivity index (χ4n) is 2.34. The van der Waals surface area contributed by atoms with Crippen LogP contribution in [0.1, 0.15) is 26.7 Å². The molecule has 0 unspecified atom stereocenters. The van der Waals surface area contributed by atoms with Crippen molar-refractivity contribution in [3.8, 4) is 0 Å². The van der Waals surface area contributed by atoms with E-state index in [0.29, 0.717) is 26.3 Å². The van der Waals surface area contributed by atoms with Crippen molar-refractivity contribution in [2.24, 2.45) is 11.8 Å². The third-order valence-corrected chi connectivity index (χ3v) is 3.89. The van der Waals surface area contributed by atoms with Crippen molar-refractivity contribution in [1.82, 2.24) is 4.90 Å². The zero-order chi connectivity index (χ0) is 11.8. The molecule has 92 valence electrons. The molecule has 0 saturated carbocycles. The van der Waals surface area contributed by atoms with Crippen LogP contribution in [0.15, 0.2) is 0 Å². The number of likely N-dealkylation sites (tertiary alicyclic amines) is 1. The number of ether oxygens (including phenoxy) is 1. The fraction of sp³-hybridized carbons (Fsp3) is 0.917. The predicted octanol–water partition coefficient (Wildman–Crippen LogP) is 0.642. The number of hydrogen-bond donors (Lipinski definition) is 1. The van der Waals surface area contributed by atoms with E-state index in [4.69, 9.17) is 4.74 Å². The predicted molar refractivity (Wildman–Crippen MR) is 59.9 cm³/mol. The van der Waals surface area contributed by atoms with E-state index in [2.05, 4.69) is 0 Å². The zero-order valence-electron chi connectivity index (χ0n) is 10.1. The number of hydrogen-bond acceptors (Lipinski definition) is 3. The second kappa shape index (κ2) is 4.34. The first kappa shape index (κ1) is 11.9. The number of amides is 1. The van der Waals surface area contributed by atoms with Crippen molar-refractivity contribution < 1.29 is 14.6 Å². The average molecular weight is 227 g/mol. The van der Waals surface area contributed by atoms with E-state index in [1.165, 1.54) is 0 Å². The quantitative estimate of drug-likeness (QED) is 0.753. The monoisotopic (exact) mass is 227 g/mol. The molecule has 2 rings (SSSR count). The van der Waals surface area contributed by atoms with Crippen molar-refractivity contribution in [3.63, 3.8) is 0 Å². The Hall–Kier alpha value is -0.610. The van der Waals surface area contributed by atoms with Crippen LogP contribution in [0.5, 0.6) is 0 Å². The molecular weight excluding hydrogens is 206 g/mol. The smallest absolute Gasteiger partial charge is 0.226 e. The van der Waals surface area contributed by atoms with Gasteiger partial charge in [-0.05, 0) is 18.8 Å². The molecule has 0 aromatic heterocycles. The lowest BCUT2D eigenvalue weighted by Crippen LogP contribution is -2.66. The second-order valence-electron chi connectivity index (χ2n) is 5.34. The van der Waals surface area contributed by atoms with Crippen LogP contribution in [0.25, 0.3) is 0 Å². The van der Waals surface area contributed by atoms with E-state index in [0.717, 1.165) is 12.8 Å². The Bertz CT molecular complexity index is 265. The van der Waals surface area contributed by atoms with Gasteiger partial charge in [0.1, 0.15) is 5.60 Å². The molecule has 4 nitrogen and oxygen atoms in total. The first-order chi connectivity index (χ1) is 7.53. The second-order valence-corrected chi connectivity index (χ2v) is 5.34. The fourth-order valence-corrected chi connectivity index (χ4v) is 2.34. The van der Waals surface area contributed by atoms with Crippen LogP contribution in [-0.4, -0.2) is 47.8 Å². The maximum Gasteiger partial charge on any atom is 0.226 e. The van der Waals surface area contributed by atoms with Crippen LogP contribution in [0.4, 0.5) is 0 Å². The minimum atomic E-state index is -0.652. The van der Waals surface area contributed by atoms with Crippen molar-refractivity contribution in [3.05, 3.63) is 0 Å². The molecule has 16 heavy (non-hydrogen) atoms. The molecule has 0 bridgehead atoms. The summed E-state index contributed by atoms with van der Waals surface area (Å²) in [4.78, 5) is 13.8. The summed E-state index contributed by atoms with van der Waals surface area (Å²) in [5, 5.41) is 10.1. The minimum Gasteiger partial charge on any atom is -0.386 e. The Labute approximate surface area is 96.6 Å². The summed E-state index contributed by atoms with van der Waals surface area (Å²) in [7, 11) is 0. The molecule has 0 radical (unpaired) electrons. The molecule has 1 amide bonds. The summed E-state index contributed by atoms with van der Waals surface area (Å²) < 4.78 is 5.24. The maximum absolute atomic E-state index is 12.1. The molecule has 2 aliphatic rings. The maximum atomic E-state index is 12.1. The van der Waals surface area contributed by atoms with E-state index < -0.39 is 5.60 Å². The summed E-state index contributed by atoms with van der Waals surface area (Å²) in [5.74, 6) is 0.533. The average Bonchev–Trinajstić information content (AvgIpc) is 2.25. The van der Waals surface area contributed by atoms with E-state index in [9.17, 15) is 9.90 Å². The lowest BCUT2D eigenvalue weighted by Gasteiger charge is -2.50. The largest absolute Gasteiger partial charge is 0.386 e. The Balaban J connectivity index is 1.84. The van der Waals surface area contributed by atoms with Gasteiger partial charge in [0.2, 0.25) is 5.91 Å². The molecule has 2 saturated heterocycles. The number of aliphatic hydroxyl groups is 1. The first-order valence-corrected chi connectivity index (χ1v) is 6.12. The van der Waals surface area contributed by atoms with Crippen LogP contribution in [-0.2, 0) is 9.53 Å². The molecule has 2 aliphatic heterocycles. The molecule has 0 aliphatic carbocycles. The molecule has 0 aromatic rings. The van der Waals surface area contributed by atoms with Gasteiger partial charge in [-0.2, -0.15) is 0 Å². The van der Waals surface area contributed by atoms with Crippen molar-refractivity contribution in [2.45, 2.75) is 32.3 Å². The summed E-state index contributed by atoms with van der Waals surface area (Å²) in [6.07, 6.45) is 1.66. The molecule has 0 spiro atoms. The first-order valence-electron chi connectivity index (χ1n) is 6.12. The Morgan fingerprint density at radius 3 is 2.44 bits per heavy atom. The number of carbonyl (C=O) groups is 1. The summed E-state index contributed by atoms with van der Waals surface area (Å²) in [6.45, 7) is 6.38. The van der Waals surface area contributed by atoms with Gasteiger partial charge in [0.15, 0.2) is 0 Å². The van der Waals surface area contributed by atoms with Crippen molar-refractivity contribution >= 4 is 5.91 Å². The van der Waals surface area contributed by atoms with Crippen LogP contribution >= 0.6 is 0 Å². The Morgan fingerprint density at radius 2 is 1.94 bits per heavy atom. The van der Waals surface area contributed by atoms with Gasteiger partial charge in [-0.15, -0.1) is 0 Å². The topological polar surface area (TPSA) is 49.8 Å². The molecule has 4 heteroatoms. The number of rotatable bonds is 2.